The molecule has 0 aliphatic heterocycles. The van der Waals surface area contributed by atoms with Crippen LogP contribution in [0.5, 0.6) is 0 Å². The van der Waals surface area contributed by atoms with Crippen molar-refractivity contribution in [3.05, 3.63) is 28.7 Å². The van der Waals surface area contributed by atoms with Crippen molar-refractivity contribution in [2.24, 2.45) is 0 Å². The van der Waals surface area contributed by atoms with Crippen LogP contribution in [0.2, 0.25) is 0 Å². The van der Waals surface area contributed by atoms with Crippen molar-refractivity contribution in [3.63, 3.8) is 0 Å². The summed E-state index contributed by atoms with van der Waals surface area (Å²) in [5.41, 5.74) is 0. The Kier molecular flexibility index (Phi) is 6.13. The highest BCUT2D eigenvalue weighted by Crippen LogP contribution is 2.19. The van der Waals surface area contributed by atoms with E-state index in [1.165, 1.54) is 0 Å². The van der Waals surface area contributed by atoms with Gasteiger partial charge in [0.15, 0.2) is 0 Å². The Morgan fingerprint density at radius 2 is 2.13 bits per heavy atom. The van der Waals surface area contributed by atoms with Crippen molar-refractivity contribution in [2.75, 3.05) is 18.8 Å². The average Bonchev–Trinajstić information content (AvgIpc) is 2.25. The minimum atomic E-state index is -0.885. The summed E-state index contributed by atoms with van der Waals surface area (Å²) >= 11 is 3.41. The van der Waals surface area contributed by atoms with E-state index in [0.29, 0.717) is 0 Å². The quantitative estimate of drug-likeness (QED) is 0.816. The first-order chi connectivity index (χ1) is 7.25. The summed E-state index contributed by atoms with van der Waals surface area (Å²) in [5.74, 6) is 0.718. The lowest BCUT2D eigenvalue weighted by atomic mass is 10.4. The van der Waals surface area contributed by atoms with Crippen LogP contribution < -0.4 is 5.32 Å². The molecule has 1 aromatic carbocycles. The van der Waals surface area contributed by atoms with E-state index in [4.69, 9.17) is 0 Å². The van der Waals surface area contributed by atoms with Crippen LogP contribution in [-0.4, -0.2) is 23.1 Å². The predicted molar refractivity (Wildman–Crippen MR) is 68.6 cm³/mol. The van der Waals surface area contributed by atoms with Crippen LogP contribution in [0.3, 0.4) is 0 Å². The summed E-state index contributed by atoms with van der Waals surface area (Å²) in [4.78, 5) is 0.897. The molecule has 1 N–H and O–H groups in total. The fourth-order valence-corrected chi connectivity index (χ4v) is 3.21. The maximum Gasteiger partial charge on any atom is 0.0541 e. The SMILES string of the molecule is CCNCCCS(=O)c1ccccc1Br. The number of hydrogen-bond acceptors (Lipinski definition) is 2. The van der Waals surface area contributed by atoms with E-state index in [1.807, 2.05) is 24.3 Å². The van der Waals surface area contributed by atoms with Crippen molar-refractivity contribution in [1.82, 2.24) is 5.32 Å². The Labute approximate surface area is 102 Å². The van der Waals surface area contributed by atoms with Crippen LogP contribution in [0.4, 0.5) is 0 Å². The van der Waals surface area contributed by atoms with Gasteiger partial charge in [0, 0.05) is 10.2 Å². The monoisotopic (exact) mass is 289 g/mol. The number of hydrogen-bond donors (Lipinski definition) is 1. The topological polar surface area (TPSA) is 29.1 Å². The first kappa shape index (κ1) is 12.9. The maximum atomic E-state index is 11.9. The van der Waals surface area contributed by atoms with Crippen molar-refractivity contribution < 1.29 is 4.21 Å². The molecule has 0 heterocycles. The zero-order valence-corrected chi connectivity index (χ0v) is 11.2. The molecule has 0 amide bonds. The van der Waals surface area contributed by atoms with E-state index >= 15 is 0 Å². The summed E-state index contributed by atoms with van der Waals surface area (Å²) in [6.07, 6.45) is 0.946. The predicted octanol–water partition coefficient (Wildman–Crippen LogP) is 2.56. The van der Waals surface area contributed by atoms with E-state index in [9.17, 15) is 4.21 Å². The number of benzene rings is 1. The lowest BCUT2D eigenvalue weighted by molar-refractivity contribution is 0.669. The van der Waals surface area contributed by atoms with Crippen LogP contribution >= 0.6 is 15.9 Å². The van der Waals surface area contributed by atoms with E-state index in [-0.39, 0.29) is 0 Å². The number of halogens is 1. The molecule has 2 nitrogen and oxygen atoms in total. The number of rotatable bonds is 6. The molecular formula is C11H16BrNOS. The number of nitrogens with one attached hydrogen (secondary N) is 1. The Morgan fingerprint density at radius 1 is 1.40 bits per heavy atom. The Bertz CT molecular complexity index is 330. The normalized spacial score (nSPS) is 12.7. The molecule has 0 aromatic heterocycles. The summed E-state index contributed by atoms with van der Waals surface area (Å²) in [5, 5.41) is 3.22. The third-order valence-corrected chi connectivity index (χ3v) is 4.48. The van der Waals surface area contributed by atoms with Gasteiger partial charge in [-0.05, 0) is 47.6 Å². The zero-order chi connectivity index (χ0) is 11.1. The van der Waals surface area contributed by atoms with Crippen LogP contribution in [0.25, 0.3) is 0 Å². The molecule has 1 rings (SSSR count). The molecule has 0 saturated heterocycles. The standard InChI is InChI=1S/C11H16BrNOS/c1-2-13-8-5-9-15(14)11-7-4-3-6-10(11)12/h3-4,6-7,13H,2,5,8-9H2,1H3. The van der Waals surface area contributed by atoms with Crippen LogP contribution in [0.1, 0.15) is 13.3 Å². The van der Waals surface area contributed by atoms with Crippen molar-refractivity contribution in [3.8, 4) is 0 Å². The highest BCUT2D eigenvalue weighted by molar-refractivity contribution is 9.10. The minimum Gasteiger partial charge on any atom is -0.317 e. The van der Waals surface area contributed by atoms with Crippen molar-refractivity contribution in [2.45, 2.75) is 18.2 Å². The second-order valence-corrected chi connectivity index (χ2v) is 5.58. The highest BCUT2D eigenvalue weighted by atomic mass is 79.9. The van der Waals surface area contributed by atoms with E-state index < -0.39 is 10.8 Å². The molecule has 0 spiro atoms. The van der Waals surface area contributed by atoms with Gasteiger partial charge in [0.25, 0.3) is 0 Å². The molecule has 0 saturated carbocycles. The molecule has 0 aliphatic rings. The molecule has 0 aliphatic carbocycles. The Morgan fingerprint density at radius 3 is 2.80 bits per heavy atom. The molecule has 0 fully saturated rings. The van der Waals surface area contributed by atoms with Crippen LogP contribution in [0, 0.1) is 0 Å². The molecule has 1 atom stereocenters. The van der Waals surface area contributed by atoms with E-state index in [1.54, 1.807) is 0 Å². The Balaban J connectivity index is 2.44. The first-order valence-electron chi connectivity index (χ1n) is 5.09. The smallest absolute Gasteiger partial charge is 0.0541 e. The fraction of sp³-hybridized carbons (Fsp3) is 0.455. The van der Waals surface area contributed by atoms with Gasteiger partial charge in [-0.2, -0.15) is 0 Å². The summed E-state index contributed by atoms with van der Waals surface area (Å²) in [6.45, 7) is 3.99. The van der Waals surface area contributed by atoms with E-state index in [2.05, 4.69) is 28.2 Å². The molecule has 15 heavy (non-hydrogen) atoms. The molecular weight excluding hydrogens is 274 g/mol. The van der Waals surface area contributed by atoms with Crippen molar-refractivity contribution >= 4 is 26.7 Å². The third-order valence-electron chi connectivity index (χ3n) is 2.02. The van der Waals surface area contributed by atoms with Crippen molar-refractivity contribution in [1.29, 1.82) is 0 Å². The van der Waals surface area contributed by atoms with Gasteiger partial charge in [-0.3, -0.25) is 4.21 Å². The lowest BCUT2D eigenvalue weighted by Crippen LogP contribution is -2.16. The second-order valence-electron chi connectivity index (χ2n) is 3.19. The average molecular weight is 290 g/mol. The largest absolute Gasteiger partial charge is 0.317 e. The molecule has 0 radical (unpaired) electrons. The van der Waals surface area contributed by atoms with Gasteiger partial charge in [-0.15, -0.1) is 0 Å². The van der Waals surface area contributed by atoms with Gasteiger partial charge in [0.1, 0.15) is 0 Å². The third kappa shape index (κ3) is 4.45. The van der Waals surface area contributed by atoms with Crippen LogP contribution in [0.15, 0.2) is 33.6 Å². The molecule has 1 aromatic rings. The van der Waals surface area contributed by atoms with Gasteiger partial charge in [0.05, 0.1) is 15.7 Å². The Hall–Kier alpha value is -0.190. The summed E-state index contributed by atoms with van der Waals surface area (Å²) in [6, 6.07) is 7.69. The first-order valence-corrected chi connectivity index (χ1v) is 7.20. The zero-order valence-electron chi connectivity index (χ0n) is 8.83. The van der Waals surface area contributed by atoms with Gasteiger partial charge in [0.2, 0.25) is 0 Å². The summed E-state index contributed by atoms with van der Waals surface area (Å²) < 4.78 is 12.8. The molecule has 1 unspecified atom stereocenters. The van der Waals surface area contributed by atoms with E-state index in [0.717, 1.165) is 34.6 Å². The summed E-state index contributed by atoms with van der Waals surface area (Å²) in [7, 11) is -0.885. The highest BCUT2D eigenvalue weighted by Gasteiger charge is 2.06. The van der Waals surface area contributed by atoms with Gasteiger partial charge >= 0.3 is 0 Å². The molecule has 0 bridgehead atoms. The lowest BCUT2D eigenvalue weighted by Gasteiger charge is -2.04. The van der Waals surface area contributed by atoms with Gasteiger partial charge in [-0.25, -0.2) is 0 Å². The minimum absolute atomic E-state index is 0.718. The fourth-order valence-electron chi connectivity index (χ4n) is 1.24. The van der Waals surface area contributed by atoms with Crippen LogP contribution in [-0.2, 0) is 10.8 Å². The molecule has 84 valence electrons. The van der Waals surface area contributed by atoms with Gasteiger partial charge in [-0.1, -0.05) is 19.1 Å². The maximum absolute atomic E-state index is 11.9. The molecule has 4 heteroatoms. The van der Waals surface area contributed by atoms with Gasteiger partial charge < -0.3 is 5.32 Å². The second kappa shape index (κ2) is 7.14.